The lowest BCUT2D eigenvalue weighted by atomic mass is 10.1. The largest absolute Gasteiger partial charge is 0.372 e. The van der Waals surface area contributed by atoms with Crippen LogP contribution in [0.15, 0.2) is 79.4 Å². The minimum atomic E-state index is -0.335. The number of carbonyl (C=O) groups is 1. The molecular formula is C24H19FN2O. The Hall–Kier alpha value is -3.84. The van der Waals surface area contributed by atoms with Crippen LogP contribution in [0.3, 0.4) is 0 Å². The summed E-state index contributed by atoms with van der Waals surface area (Å²) in [6, 6.07) is 19.0. The van der Waals surface area contributed by atoms with Gasteiger partial charge in [-0.15, -0.1) is 6.42 Å². The van der Waals surface area contributed by atoms with Gasteiger partial charge < -0.3 is 9.88 Å². The third kappa shape index (κ3) is 3.94. The molecule has 0 radical (unpaired) electrons. The first-order valence-corrected chi connectivity index (χ1v) is 8.73. The van der Waals surface area contributed by atoms with E-state index in [4.69, 9.17) is 6.42 Å². The van der Waals surface area contributed by atoms with E-state index in [9.17, 15) is 9.18 Å². The van der Waals surface area contributed by atoms with Gasteiger partial charge in [-0.05, 0) is 24.3 Å². The molecule has 0 aliphatic carbocycles. The number of allylic oxidation sites excluding steroid dienone is 1. The van der Waals surface area contributed by atoms with Gasteiger partial charge in [0.15, 0.2) is 5.78 Å². The number of benzene rings is 2. The Morgan fingerprint density at radius 3 is 2.50 bits per heavy atom. The van der Waals surface area contributed by atoms with Crippen LogP contribution in [0.25, 0.3) is 23.2 Å². The first-order chi connectivity index (χ1) is 13.7. The topological polar surface area (TPSA) is 34.0 Å². The lowest BCUT2D eigenvalue weighted by molar-refractivity contribution is 0.104. The molecule has 3 nitrogen and oxygen atoms in total. The van der Waals surface area contributed by atoms with Crippen LogP contribution in [0.5, 0.6) is 0 Å². The Morgan fingerprint density at radius 1 is 1.11 bits per heavy atom. The number of rotatable bonds is 7. The number of hydrogen-bond donors (Lipinski definition) is 1. The predicted octanol–water partition coefficient (Wildman–Crippen LogP) is 4.84. The zero-order valence-electron chi connectivity index (χ0n) is 15.2. The number of nitrogens with one attached hydrogen (secondary N) is 1. The highest BCUT2D eigenvalue weighted by Gasteiger charge is 2.15. The highest BCUT2D eigenvalue weighted by atomic mass is 19.1. The summed E-state index contributed by atoms with van der Waals surface area (Å²) in [5.74, 6) is 2.01. The highest BCUT2D eigenvalue weighted by molar-refractivity contribution is 6.08. The molecular weight excluding hydrogens is 351 g/mol. The van der Waals surface area contributed by atoms with Gasteiger partial charge >= 0.3 is 0 Å². The standard InChI is InChI=1S/C24H19FN2O/c1-3-16-26-21(17-24(28)18-10-6-5-7-11-18)23-15-14-22(27(23)4-2)19-12-8-9-13-20(19)25/h1,4-15,17,26H,2,16H2/b21-17-. The van der Waals surface area contributed by atoms with E-state index in [0.717, 1.165) is 0 Å². The third-order valence-corrected chi connectivity index (χ3v) is 4.24. The molecule has 3 aromatic rings. The van der Waals surface area contributed by atoms with Gasteiger partial charge in [0.05, 0.1) is 23.6 Å². The Morgan fingerprint density at radius 2 is 1.82 bits per heavy atom. The summed E-state index contributed by atoms with van der Waals surface area (Å²) in [7, 11) is 0. The fraction of sp³-hybridized carbons (Fsp3) is 0.0417. The van der Waals surface area contributed by atoms with Gasteiger partial charge in [0.1, 0.15) is 5.82 Å². The highest BCUT2D eigenvalue weighted by Crippen LogP contribution is 2.28. The third-order valence-electron chi connectivity index (χ3n) is 4.24. The van der Waals surface area contributed by atoms with Gasteiger partial charge in [-0.3, -0.25) is 4.79 Å². The van der Waals surface area contributed by atoms with Crippen molar-refractivity contribution < 1.29 is 9.18 Å². The molecule has 1 N–H and O–H groups in total. The summed E-state index contributed by atoms with van der Waals surface area (Å²) >= 11 is 0. The molecule has 2 aromatic carbocycles. The molecule has 0 aliphatic rings. The predicted molar refractivity (Wildman–Crippen MR) is 112 cm³/mol. The van der Waals surface area contributed by atoms with Crippen molar-refractivity contribution in [3.63, 3.8) is 0 Å². The van der Waals surface area contributed by atoms with Gasteiger partial charge in [-0.2, -0.15) is 0 Å². The average Bonchev–Trinajstić information content (AvgIpc) is 3.15. The molecule has 0 unspecified atom stereocenters. The second kappa shape index (κ2) is 8.70. The van der Waals surface area contributed by atoms with Crippen molar-refractivity contribution in [1.29, 1.82) is 0 Å². The number of carbonyl (C=O) groups excluding carboxylic acids is 1. The molecule has 4 heteroatoms. The number of ketones is 1. The average molecular weight is 370 g/mol. The number of terminal acetylenes is 1. The maximum absolute atomic E-state index is 14.3. The molecule has 0 bridgehead atoms. The molecule has 28 heavy (non-hydrogen) atoms. The van der Waals surface area contributed by atoms with Crippen molar-refractivity contribution in [1.82, 2.24) is 9.88 Å². The lowest BCUT2D eigenvalue weighted by Gasteiger charge is -2.13. The Bertz CT molecular complexity index is 1070. The monoisotopic (exact) mass is 370 g/mol. The summed E-state index contributed by atoms with van der Waals surface area (Å²) in [6.07, 6.45) is 8.45. The van der Waals surface area contributed by atoms with Crippen molar-refractivity contribution in [2.45, 2.75) is 0 Å². The zero-order valence-corrected chi connectivity index (χ0v) is 15.2. The van der Waals surface area contributed by atoms with Gasteiger partial charge in [0, 0.05) is 23.4 Å². The van der Waals surface area contributed by atoms with E-state index in [0.29, 0.717) is 28.2 Å². The number of nitrogens with zero attached hydrogens (tertiary/aromatic N) is 1. The van der Waals surface area contributed by atoms with Crippen molar-refractivity contribution >= 4 is 17.7 Å². The van der Waals surface area contributed by atoms with Crippen LogP contribution in [0, 0.1) is 18.2 Å². The van der Waals surface area contributed by atoms with E-state index >= 15 is 0 Å². The van der Waals surface area contributed by atoms with Crippen LogP contribution in [0.4, 0.5) is 4.39 Å². The molecule has 0 fully saturated rings. The fourth-order valence-corrected chi connectivity index (χ4v) is 2.93. The molecule has 0 atom stereocenters. The molecule has 1 heterocycles. The van der Waals surface area contributed by atoms with E-state index in [1.807, 2.05) is 6.07 Å². The summed E-state index contributed by atoms with van der Waals surface area (Å²) in [4.78, 5) is 12.7. The molecule has 3 rings (SSSR count). The minimum absolute atomic E-state index is 0.163. The molecule has 138 valence electrons. The maximum Gasteiger partial charge on any atom is 0.187 e. The first-order valence-electron chi connectivity index (χ1n) is 8.73. The molecule has 0 saturated carbocycles. The summed E-state index contributed by atoms with van der Waals surface area (Å²) in [5, 5.41) is 3.08. The Balaban J connectivity index is 2.08. The number of halogens is 1. The summed E-state index contributed by atoms with van der Waals surface area (Å²) < 4.78 is 16.0. The van der Waals surface area contributed by atoms with Crippen molar-refractivity contribution in [2.75, 3.05) is 6.54 Å². The SMILES string of the molecule is C#CCN/C(=C\C(=O)c1ccccc1)c1ccc(-c2ccccc2F)n1C=C. The van der Waals surface area contributed by atoms with Gasteiger partial charge in [0.25, 0.3) is 0 Å². The smallest absolute Gasteiger partial charge is 0.187 e. The number of hydrogen-bond acceptors (Lipinski definition) is 2. The van der Waals surface area contributed by atoms with E-state index < -0.39 is 0 Å². The molecule has 1 aromatic heterocycles. The Kier molecular flexibility index (Phi) is 5.88. The summed E-state index contributed by atoms with van der Waals surface area (Å²) in [6.45, 7) is 4.08. The van der Waals surface area contributed by atoms with Crippen LogP contribution in [0.2, 0.25) is 0 Å². The van der Waals surface area contributed by atoms with Gasteiger partial charge in [0.2, 0.25) is 0 Å². The van der Waals surface area contributed by atoms with Gasteiger partial charge in [-0.25, -0.2) is 4.39 Å². The van der Waals surface area contributed by atoms with E-state index in [1.54, 1.807) is 65.4 Å². The van der Waals surface area contributed by atoms with Crippen LogP contribution in [-0.4, -0.2) is 16.9 Å². The molecule has 0 spiro atoms. The van der Waals surface area contributed by atoms with Crippen LogP contribution < -0.4 is 5.32 Å². The zero-order chi connectivity index (χ0) is 19.9. The van der Waals surface area contributed by atoms with E-state index in [1.165, 1.54) is 12.1 Å². The van der Waals surface area contributed by atoms with Crippen LogP contribution in [-0.2, 0) is 0 Å². The second-order valence-electron chi connectivity index (χ2n) is 5.98. The lowest BCUT2D eigenvalue weighted by Crippen LogP contribution is -2.16. The van der Waals surface area contributed by atoms with Crippen LogP contribution in [0.1, 0.15) is 16.1 Å². The van der Waals surface area contributed by atoms with E-state index in [-0.39, 0.29) is 18.1 Å². The second-order valence-corrected chi connectivity index (χ2v) is 5.98. The minimum Gasteiger partial charge on any atom is -0.372 e. The normalized spacial score (nSPS) is 10.9. The number of aromatic nitrogens is 1. The molecule has 0 saturated heterocycles. The molecule has 0 amide bonds. The maximum atomic E-state index is 14.3. The molecule has 0 aliphatic heterocycles. The first kappa shape index (κ1) is 18.9. The van der Waals surface area contributed by atoms with Crippen molar-refractivity contribution in [3.05, 3.63) is 96.5 Å². The quantitative estimate of drug-likeness (QED) is 0.367. The van der Waals surface area contributed by atoms with Crippen LogP contribution >= 0.6 is 0 Å². The van der Waals surface area contributed by atoms with Crippen molar-refractivity contribution in [3.8, 4) is 23.6 Å². The van der Waals surface area contributed by atoms with Crippen molar-refractivity contribution in [2.24, 2.45) is 0 Å². The summed E-state index contributed by atoms with van der Waals surface area (Å²) in [5.41, 5.74) is 2.83. The van der Waals surface area contributed by atoms with E-state index in [2.05, 4.69) is 17.8 Å². The Labute approximate surface area is 163 Å². The van der Waals surface area contributed by atoms with Gasteiger partial charge in [-0.1, -0.05) is 55.0 Å². The fourth-order valence-electron chi connectivity index (χ4n) is 2.93.